The lowest BCUT2D eigenvalue weighted by Gasteiger charge is -2.34. The van der Waals surface area contributed by atoms with Crippen molar-refractivity contribution in [3.8, 4) is 22.3 Å². The number of hydrogen-bond donors (Lipinski definition) is 0. The summed E-state index contributed by atoms with van der Waals surface area (Å²) in [5.74, 6) is 0. The first-order chi connectivity index (χ1) is 25.2. The minimum absolute atomic E-state index is 0.832. The van der Waals surface area contributed by atoms with Crippen LogP contribution in [0, 0.1) is 0 Å². The molecule has 1 nitrogen and oxygen atoms in total. The summed E-state index contributed by atoms with van der Waals surface area (Å²) in [6.45, 7) is 0. The van der Waals surface area contributed by atoms with E-state index in [4.69, 9.17) is 0 Å². The van der Waals surface area contributed by atoms with Gasteiger partial charge in [0.05, 0.1) is 0 Å². The second-order valence-electron chi connectivity index (χ2n) is 12.8. The molecule has 0 aliphatic carbocycles. The average Bonchev–Trinajstić information content (AvgIpc) is 3.23. The first-order valence-corrected chi connectivity index (χ1v) is 21.1. The summed E-state index contributed by atoms with van der Waals surface area (Å²) in [7, 11) is -5.61. The fraction of sp³-hybridized carbons (Fsp3) is 0. The molecule has 0 spiro atoms. The predicted octanol–water partition coefficient (Wildman–Crippen LogP) is 8.04. The van der Waals surface area contributed by atoms with Gasteiger partial charge in [0.15, 0.2) is 15.2 Å². The third-order valence-corrected chi connectivity index (χ3v) is 17.8. The quantitative estimate of drug-likeness (QED) is 0.0853. The van der Waals surface area contributed by atoms with Crippen LogP contribution in [0.25, 0.3) is 22.3 Å². The number of rotatable bonds is 9. The molecule has 0 fully saturated rings. The Kier molecular flexibility index (Phi) is 9.03. The van der Waals surface area contributed by atoms with E-state index in [1.54, 1.807) is 0 Å². The molecule has 51 heavy (non-hydrogen) atoms. The van der Waals surface area contributed by atoms with Gasteiger partial charge >= 0.3 is 0 Å². The summed E-state index contributed by atoms with van der Waals surface area (Å²) in [5, 5.41) is 7.96. The Balaban J connectivity index is 1.16. The molecule has 8 rings (SSSR count). The third-order valence-electron chi connectivity index (χ3n) is 9.94. The van der Waals surface area contributed by atoms with E-state index >= 15 is 0 Å². The minimum atomic E-state index is -3.03. The summed E-state index contributed by atoms with van der Waals surface area (Å²) >= 11 is 0. The highest BCUT2D eigenvalue weighted by atomic mass is 31.2. The maximum atomic E-state index is 14.9. The molecule has 0 bridgehead atoms. The zero-order valence-electron chi connectivity index (χ0n) is 28.2. The number of benzene rings is 8. The van der Waals surface area contributed by atoms with E-state index in [-0.39, 0.29) is 0 Å². The highest BCUT2D eigenvalue weighted by molar-refractivity contribution is 7.85. The van der Waals surface area contributed by atoms with Crippen molar-refractivity contribution in [3.63, 3.8) is 0 Å². The molecule has 244 valence electrons. The van der Waals surface area contributed by atoms with Gasteiger partial charge < -0.3 is 4.57 Å². The van der Waals surface area contributed by atoms with Crippen LogP contribution in [-0.4, -0.2) is 8.07 Å². The topological polar surface area (TPSA) is 17.1 Å². The van der Waals surface area contributed by atoms with Gasteiger partial charge in [-0.1, -0.05) is 218 Å². The Morgan fingerprint density at radius 3 is 0.980 bits per heavy atom. The maximum absolute atomic E-state index is 14.9. The van der Waals surface area contributed by atoms with E-state index in [0.29, 0.717) is 0 Å². The van der Waals surface area contributed by atoms with Crippen molar-refractivity contribution in [1.29, 1.82) is 0 Å². The van der Waals surface area contributed by atoms with Crippen LogP contribution >= 0.6 is 7.14 Å². The Morgan fingerprint density at radius 2 is 0.588 bits per heavy atom. The van der Waals surface area contributed by atoms with Gasteiger partial charge in [-0.05, 0) is 49.1 Å². The van der Waals surface area contributed by atoms with Crippen molar-refractivity contribution in [3.05, 3.63) is 224 Å². The van der Waals surface area contributed by atoms with Crippen molar-refractivity contribution in [2.45, 2.75) is 0 Å². The van der Waals surface area contributed by atoms with Crippen molar-refractivity contribution in [2.75, 3.05) is 0 Å². The van der Waals surface area contributed by atoms with E-state index in [1.807, 2.05) is 72.8 Å². The fourth-order valence-electron chi connectivity index (χ4n) is 7.44. The second kappa shape index (κ2) is 14.2. The molecule has 0 aromatic heterocycles. The van der Waals surface area contributed by atoms with Crippen LogP contribution in [0.2, 0.25) is 0 Å². The Morgan fingerprint density at radius 1 is 0.275 bits per heavy atom. The summed E-state index contributed by atoms with van der Waals surface area (Å²) in [6.07, 6.45) is 0. The van der Waals surface area contributed by atoms with E-state index in [9.17, 15) is 4.57 Å². The minimum Gasteiger partial charge on any atom is -0.309 e. The third kappa shape index (κ3) is 6.04. The molecule has 0 aliphatic heterocycles. The Bertz CT molecular complexity index is 2260. The molecule has 0 radical (unpaired) electrons. The molecule has 3 heteroatoms. The molecule has 0 aliphatic rings. The van der Waals surface area contributed by atoms with Crippen molar-refractivity contribution >= 4 is 51.9 Å². The molecule has 8 aromatic rings. The lowest BCUT2D eigenvalue weighted by Crippen LogP contribution is -2.74. The van der Waals surface area contributed by atoms with Crippen molar-refractivity contribution < 1.29 is 4.57 Å². The van der Waals surface area contributed by atoms with E-state index < -0.39 is 15.2 Å². The van der Waals surface area contributed by atoms with Gasteiger partial charge in [-0.15, -0.1) is 0 Å². The average molecular weight is 689 g/mol. The summed E-state index contributed by atoms with van der Waals surface area (Å²) in [6, 6.07) is 79.1. The van der Waals surface area contributed by atoms with Crippen LogP contribution in [0.5, 0.6) is 0 Å². The van der Waals surface area contributed by atoms with Crippen molar-refractivity contribution in [1.82, 2.24) is 0 Å². The van der Waals surface area contributed by atoms with E-state index in [1.165, 1.54) is 26.3 Å². The smallest absolute Gasteiger partial charge is 0.179 e. The van der Waals surface area contributed by atoms with Crippen LogP contribution < -0.4 is 36.7 Å². The van der Waals surface area contributed by atoms with Crippen LogP contribution in [0.15, 0.2) is 224 Å². The highest BCUT2D eigenvalue weighted by Crippen LogP contribution is 2.42. The van der Waals surface area contributed by atoms with Crippen LogP contribution in [0.4, 0.5) is 0 Å². The molecule has 0 saturated carbocycles. The zero-order chi connectivity index (χ0) is 34.5. The number of hydrogen-bond acceptors (Lipinski definition) is 1. The van der Waals surface area contributed by atoms with E-state index in [0.717, 1.165) is 32.6 Å². The van der Waals surface area contributed by atoms with Crippen LogP contribution in [0.1, 0.15) is 0 Å². The SMILES string of the molecule is O=P(c1ccccc1)(c1ccccc1)c1ccc(-c2cccc(-c3ccc([Si](c4ccccc4)(c4ccccc4)c4ccccc4)cc3)c2)cc1. The molecule has 0 unspecified atom stereocenters. The highest BCUT2D eigenvalue weighted by Gasteiger charge is 2.41. The summed E-state index contributed by atoms with van der Waals surface area (Å²) in [5.41, 5.74) is 4.55. The predicted molar refractivity (Wildman–Crippen MR) is 220 cm³/mol. The first-order valence-electron chi connectivity index (χ1n) is 17.4. The first kappa shape index (κ1) is 32.4. The molecule has 0 saturated heterocycles. The molecular weight excluding hydrogens is 652 g/mol. The van der Waals surface area contributed by atoms with Crippen molar-refractivity contribution in [2.24, 2.45) is 0 Å². The van der Waals surface area contributed by atoms with Gasteiger partial charge in [-0.25, -0.2) is 0 Å². The summed E-state index contributed by atoms with van der Waals surface area (Å²) < 4.78 is 14.9. The molecule has 0 N–H and O–H groups in total. The largest absolute Gasteiger partial charge is 0.309 e. The molecule has 0 atom stereocenters. The lowest BCUT2D eigenvalue weighted by molar-refractivity contribution is 0.592. The molecule has 0 heterocycles. The van der Waals surface area contributed by atoms with Gasteiger partial charge in [0.2, 0.25) is 0 Å². The van der Waals surface area contributed by atoms with Gasteiger partial charge in [0.25, 0.3) is 0 Å². The monoisotopic (exact) mass is 688 g/mol. The zero-order valence-corrected chi connectivity index (χ0v) is 30.1. The van der Waals surface area contributed by atoms with Gasteiger partial charge in [-0.2, -0.15) is 0 Å². The van der Waals surface area contributed by atoms with E-state index in [2.05, 4.69) is 152 Å². The normalized spacial score (nSPS) is 11.6. The maximum Gasteiger partial charge on any atom is 0.179 e. The van der Waals surface area contributed by atoms with Crippen LogP contribution in [-0.2, 0) is 4.57 Å². The van der Waals surface area contributed by atoms with Gasteiger partial charge in [0, 0.05) is 15.9 Å². The van der Waals surface area contributed by atoms with Gasteiger partial charge in [0.1, 0.15) is 0 Å². The van der Waals surface area contributed by atoms with Gasteiger partial charge in [-0.3, -0.25) is 0 Å². The molecule has 8 aromatic carbocycles. The fourth-order valence-corrected chi connectivity index (χ4v) is 14.8. The summed E-state index contributed by atoms with van der Waals surface area (Å²) in [4.78, 5) is 0. The molecule has 0 amide bonds. The molecular formula is C48H37OPSi. The lowest BCUT2D eigenvalue weighted by atomic mass is 9.99. The Labute approximate surface area is 302 Å². The second-order valence-corrected chi connectivity index (χ2v) is 19.4. The standard InChI is InChI=1S/C48H37OPSi/c49-50(42-19-6-1-7-20-42,43-21-8-2-9-22-43)44-33-29-38(30-34-44)40-17-16-18-41(37-40)39-31-35-48(36-32-39)51(45-23-10-3-11-24-45,46-25-12-4-13-26-46)47-27-14-5-15-28-47/h1-37H. The van der Waals surface area contributed by atoms with Crippen LogP contribution in [0.3, 0.4) is 0 Å². The Hall–Kier alpha value is -5.79.